The fraction of sp³-hybridized carbons (Fsp3) is 0.957. The van der Waals surface area contributed by atoms with Gasteiger partial charge in [0.05, 0.1) is 17.5 Å². The molecule has 32 heavy (non-hydrogen) atoms. The molecule has 1 amide bonds. The van der Waals surface area contributed by atoms with Crippen molar-refractivity contribution in [2.75, 3.05) is 19.8 Å². The van der Waals surface area contributed by atoms with Crippen LogP contribution in [0.15, 0.2) is 0 Å². The smallest absolute Gasteiger partial charge is 0.237 e. The number of nitrogens with one attached hydrogen (secondary N) is 1. The first-order valence-corrected chi connectivity index (χ1v) is 13.8. The van der Waals surface area contributed by atoms with Gasteiger partial charge in [0.1, 0.15) is 29.9 Å². The number of likely N-dealkylation sites (tertiary alicyclic amines) is 1. The molecule has 0 radical (unpaired) electrons. The van der Waals surface area contributed by atoms with Crippen LogP contribution in [0.2, 0.25) is 0 Å². The molecule has 0 aliphatic carbocycles. The summed E-state index contributed by atoms with van der Waals surface area (Å²) >= 11 is 7.65. The van der Waals surface area contributed by atoms with Gasteiger partial charge in [-0.3, -0.25) is 9.69 Å². The number of rotatable bonds is 10. The number of carbonyl (C=O) groups is 1. The van der Waals surface area contributed by atoms with Crippen LogP contribution in [0.5, 0.6) is 0 Å². The lowest BCUT2D eigenvalue weighted by molar-refractivity contribution is -0.205. The lowest BCUT2D eigenvalue weighted by atomic mass is 9.92. The van der Waals surface area contributed by atoms with Gasteiger partial charge in [-0.1, -0.05) is 39.0 Å². The fourth-order valence-corrected chi connectivity index (χ4v) is 5.75. The maximum Gasteiger partial charge on any atom is 0.237 e. The van der Waals surface area contributed by atoms with E-state index in [1.54, 1.807) is 13.2 Å². The first-order valence-electron chi connectivity index (χ1n) is 12.1. The molecule has 9 heteroatoms. The van der Waals surface area contributed by atoms with Crippen LogP contribution in [0, 0.1) is 5.92 Å². The van der Waals surface area contributed by atoms with Gasteiger partial charge >= 0.3 is 0 Å². The molecular formula is C23H43ClN2O5S. The summed E-state index contributed by atoms with van der Waals surface area (Å²) < 4.78 is 5.87. The topological polar surface area (TPSA) is 102 Å². The Labute approximate surface area is 202 Å². The molecule has 7 nitrogen and oxygen atoms in total. The molecule has 0 bridgehead atoms. The summed E-state index contributed by atoms with van der Waals surface area (Å²) in [5, 5.41) is 33.4. The van der Waals surface area contributed by atoms with Crippen molar-refractivity contribution >= 4 is 29.3 Å². The highest BCUT2D eigenvalue weighted by atomic mass is 35.5. The summed E-state index contributed by atoms with van der Waals surface area (Å²) in [7, 11) is 1.98. The number of unbranched alkanes of at least 4 members (excludes halogenated alkanes) is 3. The second-order valence-electron chi connectivity index (χ2n) is 9.47. The number of halogens is 1. The van der Waals surface area contributed by atoms with Gasteiger partial charge in [0.2, 0.25) is 5.91 Å². The Kier molecular flexibility index (Phi) is 12.1. The largest absolute Gasteiger partial charge is 0.388 e. The van der Waals surface area contributed by atoms with Crippen LogP contribution in [0.25, 0.3) is 0 Å². The van der Waals surface area contributed by atoms with Gasteiger partial charge in [-0.2, -0.15) is 0 Å². The number of likely N-dealkylation sites (N-methyl/N-ethyl adjacent to an activating group) is 1. The Bertz CT molecular complexity index is 571. The minimum atomic E-state index is -1.37. The van der Waals surface area contributed by atoms with Gasteiger partial charge < -0.3 is 25.4 Å². The van der Waals surface area contributed by atoms with Gasteiger partial charge in [0.25, 0.3) is 0 Å². The molecule has 9 atom stereocenters. The number of carbonyl (C=O) groups excluding carboxylic acids is 1. The lowest BCUT2D eigenvalue weighted by Gasteiger charge is -2.44. The summed E-state index contributed by atoms with van der Waals surface area (Å²) in [6.45, 7) is 4.83. The molecular weight excluding hydrogens is 452 g/mol. The summed E-state index contributed by atoms with van der Waals surface area (Å²) in [6.07, 6.45) is 6.12. The van der Waals surface area contributed by atoms with Crippen molar-refractivity contribution < 1.29 is 24.9 Å². The second-order valence-corrected chi connectivity index (χ2v) is 11.1. The van der Waals surface area contributed by atoms with E-state index in [2.05, 4.69) is 17.1 Å². The minimum Gasteiger partial charge on any atom is -0.388 e. The molecule has 0 aromatic heterocycles. The Morgan fingerprint density at radius 1 is 1.16 bits per heavy atom. The zero-order chi connectivity index (χ0) is 23.8. The van der Waals surface area contributed by atoms with Gasteiger partial charge in [0, 0.05) is 0 Å². The Balaban J connectivity index is 2.01. The molecule has 0 spiro atoms. The Hall–Kier alpha value is -0.0900. The molecule has 2 saturated heterocycles. The van der Waals surface area contributed by atoms with Crippen LogP contribution in [0.3, 0.4) is 0 Å². The monoisotopic (exact) mass is 494 g/mol. The minimum absolute atomic E-state index is 0.131. The van der Waals surface area contributed by atoms with Gasteiger partial charge in [-0.15, -0.1) is 23.4 Å². The zero-order valence-electron chi connectivity index (χ0n) is 20.0. The van der Waals surface area contributed by atoms with Crippen molar-refractivity contribution in [3.63, 3.8) is 0 Å². The third kappa shape index (κ3) is 7.45. The number of ether oxygens (including phenoxy) is 1. The maximum atomic E-state index is 13.3. The second kappa shape index (κ2) is 13.7. The van der Waals surface area contributed by atoms with Gasteiger partial charge in [-0.25, -0.2) is 0 Å². The zero-order valence-corrected chi connectivity index (χ0v) is 21.5. The van der Waals surface area contributed by atoms with Crippen LogP contribution in [0.4, 0.5) is 0 Å². The van der Waals surface area contributed by atoms with Crippen LogP contribution < -0.4 is 5.32 Å². The van der Waals surface area contributed by atoms with E-state index in [1.807, 2.05) is 7.05 Å². The standard InChI is InChI=1S/C23H43ClN2O5S/c1-5-6-7-8-9-15-10-11-16(26(3)13-12-15)22(30)25-17(14(2)24)21-19(28)18(27)20(29)23(31-21)32-4/h14-21,23,27-29H,5-13H2,1-4H3,(H,25,30)/t14-,15-,16-,17+,18?,19?,20+,21+,23?/m0/s1. The van der Waals surface area contributed by atoms with E-state index in [9.17, 15) is 20.1 Å². The summed E-state index contributed by atoms with van der Waals surface area (Å²) in [6, 6.07) is -0.960. The summed E-state index contributed by atoms with van der Waals surface area (Å²) in [4.78, 5) is 15.4. The van der Waals surface area contributed by atoms with E-state index < -0.39 is 41.3 Å². The fourth-order valence-electron chi connectivity index (χ4n) is 4.86. The van der Waals surface area contributed by atoms with Crippen LogP contribution in [0.1, 0.15) is 65.2 Å². The van der Waals surface area contributed by atoms with Crippen molar-refractivity contribution in [3.8, 4) is 0 Å². The van der Waals surface area contributed by atoms with Gasteiger partial charge in [-0.05, 0) is 52.0 Å². The maximum absolute atomic E-state index is 13.3. The SMILES string of the molecule is CCCCCC[C@H]1CC[C@@H](C(=O)N[C@H]([C@H](C)Cl)[C@H]2OC(SC)[C@H](O)C(O)C2O)N(C)CC1. The molecule has 0 saturated carbocycles. The average Bonchev–Trinajstić information content (AvgIpc) is 2.95. The molecule has 2 rings (SSSR count). The van der Waals surface area contributed by atoms with E-state index in [4.69, 9.17) is 16.3 Å². The number of hydrogen-bond donors (Lipinski definition) is 4. The number of amides is 1. The molecule has 0 aromatic carbocycles. The molecule has 2 aliphatic heterocycles. The Morgan fingerprint density at radius 2 is 1.88 bits per heavy atom. The van der Waals surface area contributed by atoms with E-state index in [0.29, 0.717) is 5.92 Å². The Morgan fingerprint density at radius 3 is 2.50 bits per heavy atom. The number of thioether (sulfide) groups is 1. The van der Waals surface area contributed by atoms with Crippen LogP contribution in [-0.4, -0.2) is 93.3 Å². The van der Waals surface area contributed by atoms with Crippen molar-refractivity contribution in [2.45, 2.75) is 113 Å². The molecule has 2 fully saturated rings. The third-order valence-electron chi connectivity index (χ3n) is 7.04. The van der Waals surface area contributed by atoms with E-state index in [1.165, 1.54) is 43.9 Å². The van der Waals surface area contributed by atoms with Crippen molar-refractivity contribution in [3.05, 3.63) is 0 Å². The first-order chi connectivity index (χ1) is 15.2. The number of hydrogen-bond acceptors (Lipinski definition) is 7. The van der Waals surface area contributed by atoms with E-state index in [0.717, 1.165) is 25.8 Å². The number of nitrogens with zero attached hydrogens (tertiary/aromatic N) is 1. The molecule has 4 N–H and O–H groups in total. The number of alkyl halides is 1. The first kappa shape index (κ1) is 28.1. The highest BCUT2D eigenvalue weighted by Crippen LogP contribution is 2.31. The summed E-state index contributed by atoms with van der Waals surface area (Å²) in [5.74, 6) is 0.520. The predicted molar refractivity (Wildman–Crippen MR) is 130 cm³/mol. The lowest BCUT2D eigenvalue weighted by Crippen LogP contribution is -2.65. The molecule has 2 aliphatic rings. The average molecular weight is 495 g/mol. The highest BCUT2D eigenvalue weighted by molar-refractivity contribution is 7.99. The van der Waals surface area contributed by atoms with Crippen molar-refractivity contribution in [1.82, 2.24) is 10.2 Å². The van der Waals surface area contributed by atoms with Crippen molar-refractivity contribution in [2.24, 2.45) is 5.92 Å². The van der Waals surface area contributed by atoms with E-state index >= 15 is 0 Å². The number of aliphatic hydroxyl groups excluding tert-OH is 3. The third-order valence-corrected chi connectivity index (χ3v) is 8.16. The predicted octanol–water partition coefficient (Wildman–Crippen LogP) is 2.34. The highest BCUT2D eigenvalue weighted by Gasteiger charge is 2.48. The summed E-state index contributed by atoms with van der Waals surface area (Å²) in [5.41, 5.74) is -0.706. The molecule has 2 heterocycles. The molecule has 0 aromatic rings. The number of aliphatic hydroxyl groups is 3. The molecule has 188 valence electrons. The van der Waals surface area contributed by atoms with Crippen molar-refractivity contribution in [1.29, 1.82) is 0 Å². The van der Waals surface area contributed by atoms with E-state index in [-0.39, 0.29) is 11.9 Å². The van der Waals surface area contributed by atoms with Gasteiger partial charge in [0.15, 0.2) is 0 Å². The quantitative estimate of drug-likeness (QED) is 0.273. The van der Waals surface area contributed by atoms with Crippen LogP contribution in [-0.2, 0) is 9.53 Å². The normalized spacial score (nSPS) is 36.3. The molecule has 3 unspecified atom stereocenters. The van der Waals surface area contributed by atoms with Crippen LogP contribution >= 0.6 is 23.4 Å².